The van der Waals surface area contributed by atoms with Crippen LogP contribution >= 0.6 is 0 Å². The first kappa shape index (κ1) is 37.0. The molecule has 0 spiro atoms. The summed E-state index contributed by atoms with van der Waals surface area (Å²) in [7, 11) is 0. The third-order valence-corrected chi connectivity index (χ3v) is 12.8. The van der Waals surface area contributed by atoms with Crippen molar-refractivity contribution in [2.75, 3.05) is 9.80 Å². The summed E-state index contributed by atoms with van der Waals surface area (Å²) in [5.74, 6) is 1.42. The number of benzene rings is 6. The van der Waals surface area contributed by atoms with Gasteiger partial charge in [-0.3, -0.25) is 0 Å². The zero-order valence-electron chi connectivity index (χ0n) is 34.3. The second kappa shape index (κ2) is 15.4. The van der Waals surface area contributed by atoms with Crippen LogP contribution in [0.1, 0.15) is 112 Å². The van der Waals surface area contributed by atoms with Crippen molar-refractivity contribution in [2.45, 2.75) is 89.9 Å². The minimum atomic E-state index is 0.0769. The number of nitrogens with zero attached hydrogens (tertiary/aromatic N) is 2. The van der Waals surface area contributed by atoms with Gasteiger partial charge in [-0.25, -0.2) is 0 Å². The van der Waals surface area contributed by atoms with Gasteiger partial charge in [0.2, 0.25) is 0 Å². The van der Waals surface area contributed by atoms with Crippen molar-refractivity contribution in [1.29, 1.82) is 0 Å². The van der Waals surface area contributed by atoms with Gasteiger partial charge in [0, 0.05) is 45.7 Å². The first-order valence-electron chi connectivity index (χ1n) is 21.3. The highest BCUT2D eigenvalue weighted by Crippen LogP contribution is 2.52. The normalized spacial score (nSPS) is 18.0. The third-order valence-electron chi connectivity index (χ3n) is 12.8. The highest BCUT2D eigenvalue weighted by Gasteiger charge is 2.36. The van der Waals surface area contributed by atoms with Crippen LogP contribution in [0.2, 0.25) is 0 Å². The maximum absolute atomic E-state index is 2.57. The van der Waals surface area contributed by atoms with E-state index in [1.54, 1.807) is 0 Å². The van der Waals surface area contributed by atoms with Crippen LogP contribution in [0.15, 0.2) is 163 Å². The van der Waals surface area contributed by atoms with Crippen LogP contribution in [0, 0.1) is 5.92 Å². The summed E-state index contributed by atoms with van der Waals surface area (Å²) in [5, 5.41) is 2.63. The summed E-state index contributed by atoms with van der Waals surface area (Å²) in [4.78, 5) is 5.03. The van der Waals surface area contributed by atoms with Gasteiger partial charge in [-0.05, 0) is 130 Å². The SMILES string of the molecule is CC(C)c1ccc(N(C2=Cc3c(cc(N(c4ccccc4)c4ccc(C(C)(C)C)cc4)c4cc(C5CCCCC5)ccc34)C3C=CC=CC23)c2ccccc2)cc1. The molecule has 9 rings (SSSR count). The van der Waals surface area contributed by atoms with E-state index in [-0.39, 0.29) is 17.3 Å². The number of hydrogen-bond donors (Lipinski definition) is 0. The molecule has 6 aromatic rings. The second-order valence-electron chi connectivity index (χ2n) is 17.8. The Morgan fingerprint density at radius 1 is 0.561 bits per heavy atom. The summed E-state index contributed by atoms with van der Waals surface area (Å²) in [6.07, 6.45) is 18.4. The molecule has 0 heterocycles. The maximum atomic E-state index is 2.57. The van der Waals surface area contributed by atoms with Gasteiger partial charge in [0.05, 0.1) is 5.69 Å². The lowest BCUT2D eigenvalue weighted by Gasteiger charge is -2.40. The van der Waals surface area contributed by atoms with Crippen LogP contribution in [-0.4, -0.2) is 0 Å². The maximum Gasteiger partial charge on any atom is 0.0543 e. The average Bonchev–Trinajstić information content (AvgIpc) is 3.25. The molecule has 0 saturated heterocycles. The Balaban J connectivity index is 1.31. The fraction of sp³-hybridized carbons (Fsp3) is 0.273. The van der Waals surface area contributed by atoms with Gasteiger partial charge >= 0.3 is 0 Å². The molecule has 2 heteroatoms. The van der Waals surface area contributed by atoms with Crippen molar-refractivity contribution in [3.63, 3.8) is 0 Å². The Bertz CT molecular complexity index is 2440. The second-order valence-corrected chi connectivity index (χ2v) is 17.8. The van der Waals surface area contributed by atoms with Crippen molar-refractivity contribution >= 4 is 45.3 Å². The monoisotopic (exact) mass is 744 g/mol. The average molecular weight is 745 g/mol. The van der Waals surface area contributed by atoms with Crippen LogP contribution in [0.5, 0.6) is 0 Å². The van der Waals surface area contributed by atoms with E-state index in [2.05, 4.69) is 208 Å². The summed E-state index contributed by atoms with van der Waals surface area (Å²) in [5.41, 5.74) is 14.3. The fourth-order valence-electron chi connectivity index (χ4n) is 9.57. The lowest BCUT2D eigenvalue weighted by molar-refractivity contribution is 0.444. The van der Waals surface area contributed by atoms with E-state index >= 15 is 0 Å². The summed E-state index contributed by atoms with van der Waals surface area (Å²) >= 11 is 0. The van der Waals surface area contributed by atoms with Crippen LogP contribution in [-0.2, 0) is 5.41 Å². The van der Waals surface area contributed by atoms with Gasteiger partial charge in [-0.2, -0.15) is 0 Å². The van der Waals surface area contributed by atoms with E-state index in [0.717, 1.165) is 0 Å². The molecule has 2 atom stereocenters. The highest BCUT2D eigenvalue weighted by molar-refractivity contribution is 6.05. The lowest BCUT2D eigenvalue weighted by Crippen LogP contribution is -2.29. The molecule has 3 aliphatic carbocycles. The standard InChI is InChI=1S/C55H56N2/c1-38(2)39-25-30-45(31-26-39)56(43-19-11-7-12-20-43)53-36-51-48-34-27-41(40-17-9-6-10-18-40)35-52(48)54(37-50(51)47-23-15-16-24-49(47)53)57(44-21-13-8-14-22-44)46-32-28-42(29-33-46)55(3,4)5/h7-8,11-16,19-38,40,47,49H,6,9-10,17-18H2,1-5H3. The van der Waals surface area contributed by atoms with E-state index < -0.39 is 0 Å². The fourth-order valence-corrected chi connectivity index (χ4v) is 9.57. The molecule has 0 aromatic heterocycles. The molecule has 0 radical (unpaired) electrons. The predicted octanol–water partition coefficient (Wildman–Crippen LogP) is 15.8. The number of fused-ring (bicyclic) bond motifs is 5. The van der Waals surface area contributed by atoms with Crippen molar-refractivity contribution in [3.05, 3.63) is 191 Å². The van der Waals surface area contributed by atoms with E-state index in [1.807, 2.05) is 0 Å². The van der Waals surface area contributed by atoms with Gasteiger partial charge in [0.25, 0.3) is 0 Å². The molecule has 2 unspecified atom stereocenters. The molecule has 0 aliphatic heterocycles. The largest absolute Gasteiger partial charge is 0.314 e. The van der Waals surface area contributed by atoms with Crippen LogP contribution < -0.4 is 9.80 Å². The molecule has 286 valence electrons. The molecule has 3 aliphatic rings. The number of anilines is 5. The zero-order valence-corrected chi connectivity index (χ0v) is 34.3. The zero-order chi connectivity index (χ0) is 39.1. The van der Waals surface area contributed by atoms with Crippen molar-refractivity contribution in [2.24, 2.45) is 5.92 Å². The van der Waals surface area contributed by atoms with Crippen LogP contribution in [0.25, 0.3) is 16.8 Å². The molecule has 1 saturated carbocycles. The quantitative estimate of drug-likeness (QED) is 0.153. The van der Waals surface area contributed by atoms with Gasteiger partial charge in [0.1, 0.15) is 0 Å². The minimum Gasteiger partial charge on any atom is -0.314 e. The van der Waals surface area contributed by atoms with Gasteiger partial charge in [-0.15, -0.1) is 0 Å². The molecular formula is C55H56N2. The van der Waals surface area contributed by atoms with E-state index in [0.29, 0.717) is 11.8 Å². The Morgan fingerprint density at radius 2 is 1.14 bits per heavy atom. The third kappa shape index (κ3) is 7.16. The number of allylic oxidation sites excluding steroid dienone is 4. The molecule has 6 aromatic carbocycles. The van der Waals surface area contributed by atoms with Crippen LogP contribution in [0.3, 0.4) is 0 Å². The van der Waals surface area contributed by atoms with Crippen molar-refractivity contribution in [3.8, 4) is 0 Å². The Kier molecular flexibility index (Phi) is 9.99. The predicted molar refractivity (Wildman–Crippen MR) is 245 cm³/mol. The summed E-state index contributed by atoms with van der Waals surface area (Å²) in [6, 6.07) is 50.6. The number of hydrogen-bond acceptors (Lipinski definition) is 2. The van der Waals surface area contributed by atoms with Gasteiger partial charge in [-0.1, -0.05) is 151 Å². The summed E-state index contributed by atoms with van der Waals surface area (Å²) in [6.45, 7) is 11.4. The summed E-state index contributed by atoms with van der Waals surface area (Å²) < 4.78 is 0. The Morgan fingerprint density at radius 3 is 1.77 bits per heavy atom. The molecule has 0 bridgehead atoms. The molecule has 1 fully saturated rings. The van der Waals surface area contributed by atoms with Crippen LogP contribution in [0.4, 0.5) is 28.4 Å². The molecule has 57 heavy (non-hydrogen) atoms. The molecular weight excluding hydrogens is 689 g/mol. The van der Waals surface area contributed by atoms with Gasteiger partial charge < -0.3 is 9.80 Å². The van der Waals surface area contributed by atoms with Crippen molar-refractivity contribution in [1.82, 2.24) is 0 Å². The van der Waals surface area contributed by atoms with E-state index in [9.17, 15) is 0 Å². The topological polar surface area (TPSA) is 6.48 Å². The van der Waals surface area contributed by atoms with E-state index in [1.165, 1.54) is 105 Å². The first-order chi connectivity index (χ1) is 27.7. The highest BCUT2D eigenvalue weighted by atomic mass is 15.2. The first-order valence-corrected chi connectivity index (χ1v) is 21.3. The molecule has 0 N–H and O–H groups in total. The molecule has 0 amide bonds. The minimum absolute atomic E-state index is 0.0769. The Labute approximate surface area is 340 Å². The lowest BCUT2D eigenvalue weighted by atomic mass is 9.73. The van der Waals surface area contributed by atoms with E-state index in [4.69, 9.17) is 0 Å². The number of rotatable bonds is 8. The smallest absolute Gasteiger partial charge is 0.0543 e. The number of para-hydroxylation sites is 2. The van der Waals surface area contributed by atoms with Gasteiger partial charge in [0.15, 0.2) is 0 Å². The Hall–Kier alpha value is -5.60. The molecule has 2 nitrogen and oxygen atoms in total. The van der Waals surface area contributed by atoms with Crippen molar-refractivity contribution < 1.29 is 0 Å².